The molecule has 1 heterocycles. The topological polar surface area (TPSA) is 49.7 Å². The smallest absolute Gasteiger partial charge is 0.292 e. The van der Waals surface area contributed by atoms with Crippen molar-refractivity contribution in [3.63, 3.8) is 0 Å². The summed E-state index contributed by atoms with van der Waals surface area (Å²) in [6.45, 7) is 3.73. The summed E-state index contributed by atoms with van der Waals surface area (Å²) in [5.74, 6) is -0.510. The second-order valence-electron chi connectivity index (χ2n) is 2.72. The maximum absolute atomic E-state index is 10.9. The predicted molar refractivity (Wildman–Crippen MR) is 41.1 cm³/mol. The van der Waals surface area contributed by atoms with Gasteiger partial charge in [0.1, 0.15) is 0 Å². The molecule has 0 saturated carbocycles. The molecular weight excluding hydrogens is 144 g/mol. The fourth-order valence-electron chi connectivity index (χ4n) is 1.55. The van der Waals surface area contributed by atoms with Crippen LogP contribution in [-0.4, -0.2) is 29.9 Å². The van der Waals surface area contributed by atoms with Gasteiger partial charge in [0.15, 0.2) is 0 Å². The van der Waals surface area contributed by atoms with Crippen molar-refractivity contribution in [2.75, 3.05) is 13.1 Å². The van der Waals surface area contributed by atoms with E-state index in [4.69, 9.17) is 0 Å². The monoisotopic (exact) mass is 156 g/mol. The molecule has 0 aliphatic carbocycles. The Morgan fingerprint density at radius 1 is 1.73 bits per heavy atom. The Kier molecular flexibility index (Phi) is 2.70. The van der Waals surface area contributed by atoms with E-state index in [1.807, 2.05) is 11.8 Å². The molecule has 1 aliphatic rings. The molecule has 1 saturated heterocycles. The van der Waals surface area contributed by atoms with Crippen molar-refractivity contribution in [1.82, 2.24) is 4.90 Å². The summed E-state index contributed by atoms with van der Waals surface area (Å²) in [4.78, 5) is 22.8. The molecule has 62 valence electrons. The number of amides is 1. The van der Waals surface area contributed by atoms with Crippen molar-refractivity contribution in [3.05, 3.63) is 4.91 Å². The Bertz CT molecular complexity index is 170. The van der Waals surface area contributed by atoms with Crippen molar-refractivity contribution in [2.45, 2.75) is 25.8 Å². The number of hydrogen-bond acceptors (Lipinski definition) is 3. The van der Waals surface area contributed by atoms with Gasteiger partial charge in [-0.15, -0.1) is 4.91 Å². The Labute approximate surface area is 65.5 Å². The third-order valence-corrected chi connectivity index (χ3v) is 2.14. The van der Waals surface area contributed by atoms with Gasteiger partial charge in [-0.05, 0) is 25.9 Å². The molecule has 0 bridgehead atoms. The Balaban J connectivity index is 2.55. The van der Waals surface area contributed by atoms with Gasteiger partial charge in [-0.25, -0.2) is 0 Å². The number of carbonyl (C=O) groups is 1. The maximum Gasteiger partial charge on any atom is 0.303 e. The van der Waals surface area contributed by atoms with Crippen LogP contribution in [0.2, 0.25) is 0 Å². The number of likely N-dealkylation sites (tertiary alicyclic amines) is 1. The highest BCUT2D eigenvalue weighted by Crippen LogP contribution is 2.17. The van der Waals surface area contributed by atoms with Gasteiger partial charge in [-0.3, -0.25) is 9.69 Å². The molecule has 0 aromatic rings. The van der Waals surface area contributed by atoms with Crippen molar-refractivity contribution in [2.24, 2.45) is 5.18 Å². The zero-order chi connectivity index (χ0) is 8.27. The molecule has 0 aromatic carbocycles. The minimum absolute atomic E-state index is 0.225. The molecule has 4 heteroatoms. The molecule has 4 nitrogen and oxygen atoms in total. The van der Waals surface area contributed by atoms with Gasteiger partial charge >= 0.3 is 5.91 Å². The molecule has 1 amide bonds. The predicted octanol–water partition coefficient (Wildman–Crippen LogP) is 0.764. The highest BCUT2D eigenvalue weighted by atomic mass is 16.3. The van der Waals surface area contributed by atoms with E-state index < -0.39 is 5.91 Å². The van der Waals surface area contributed by atoms with Gasteiger partial charge in [0.05, 0.1) is 6.04 Å². The largest absolute Gasteiger partial charge is 0.303 e. The van der Waals surface area contributed by atoms with E-state index in [-0.39, 0.29) is 6.04 Å². The lowest BCUT2D eigenvalue weighted by molar-refractivity contribution is -0.122. The van der Waals surface area contributed by atoms with Gasteiger partial charge < -0.3 is 0 Å². The van der Waals surface area contributed by atoms with Gasteiger partial charge in [0.25, 0.3) is 0 Å². The molecule has 0 spiro atoms. The van der Waals surface area contributed by atoms with Crippen LogP contribution < -0.4 is 0 Å². The van der Waals surface area contributed by atoms with Crippen LogP contribution in [0.15, 0.2) is 5.18 Å². The molecule has 1 atom stereocenters. The van der Waals surface area contributed by atoms with Crippen LogP contribution in [0.1, 0.15) is 19.8 Å². The fourth-order valence-corrected chi connectivity index (χ4v) is 1.55. The van der Waals surface area contributed by atoms with Crippen molar-refractivity contribution in [1.29, 1.82) is 0 Å². The molecular formula is C7H12N2O2. The van der Waals surface area contributed by atoms with Gasteiger partial charge in [-0.2, -0.15) is 0 Å². The number of rotatable bonds is 2. The van der Waals surface area contributed by atoms with Crippen LogP contribution in [-0.2, 0) is 4.79 Å². The number of hydrogen-bond donors (Lipinski definition) is 0. The molecule has 0 aromatic heterocycles. The molecule has 1 rings (SSSR count). The Hall–Kier alpha value is -0.770. The first-order valence-electron chi connectivity index (χ1n) is 3.90. The Morgan fingerprint density at radius 2 is 2.45 bits per heavy atom. The van der Waals surface area contributed by atoms with Crippen LogP contribution in [0.5, 0.6) is 0 Å². The quantitative estimate of drug-likeness (QED) is 0.555. The van der Waals surface area contributed by atoms with Gasteiger partial charge in [0.2, 0.25) is 0 Å². The van der Waals surface area contributed by atoms with Crippen molar-refractivity contribution >= 4 is 5.91 Å². The van der Waals surface area contributed by atoms with Crippen LogP contribution in [0, 0.1) is 4.91 Å². The fraction of sp³-hybridized carbons (Fsp3) is 0.857. The Morgan fingerprint density at radius 3 is 3.00 bits per heavy atom. The standard InChI is InChI=1S/C7H12N2O2/c1-2-9-5-3-4-6(9)7(10)8-11/h6H,2-5H2,1H3. The van der Waals surface area contributed by atoms with Crippen LogP contribution in [0.25, 0.3) is 0 Å². The molecule has 11 heavy (non-hydrogen) atoms. The molecule has 0 N–H and O–H groups in total. The minimum atomic E-state index is -0.510. The zero-order valence-corrected chi connectivity index (χ0v) is 6.62. The number of nitrogens with zero attached hydrogens (tertiary/aromatic N) is 2. The first kappa shape index (κ1) is 8.33. The zero-order valence-electron chi connectivity index (χ0n) is 6.62. The lowest BCUT2D eigenvalue weighted by atomic mass is 10.2. The van der Waals surface area contributed by atoms with E-state index in [1.54, 1.807) is 0 Å². The maximum atomic E-state index is 10.9. The summed E-state index contributed by atoms with van der Waals surface area (Å²) in [7, 11) is 0. The highest BCUT2D eigenvalue weighted by Gasteiger charge is 2.29. The van der Waals surface area contributed by atoms with Crippen LogP contribution >= 0.6 is 0 Å². The molecule has 1 aliphatic heterocycles. The number of likely N-dealkylation sites (N-methyl/N-ethyl adjacent to an activating group) is 1. The first-order chi connectivity index (χ1) is 5.29. The van der Waals surface area contributed by atoms with Crippen molar-refractivity contribution in [3.8, 4) is 0 Å². The lowest BCUT2D eigenvalue weighted by Crippen LogP contribution is -2.34. The summed E-state index contributed by atoms with van der Waals surface area (Å²) >= 11 is 0. The molecule has 1 unspecified atom stereocenters. The third-order valence-electron chi connectivity index (χ3n) is 2.14. The normalized spacial score (nSPS) is 25.4. The number of nitroso groups, excluding NO2 is 1. The van der Waals surface area contributed by atoms with Crippen molar-refractivity contribution < 1.29 is 4.79 Å². The second-order valence-corrected chi connectivity index (χ2v) is 2.72. The van der Waals surface area contributed by atoms with E-state index in [9.17, 15) is 9.70 Å². The van der Waals surface area contributed by atoms with Gasteiger partial charge in [-0.1, -0.05) is 6.92 Å². The van der Waals surface area contributed by atoms with E-state index in [1.165, 1.54) is 0 Å². The summed E-state index contributed by atoms with van der Waals surface area (Å²) in [6.07, 6.45) is 1.79. The SMILES string of the molecule is CCN1CCCC1C(=O)N=O. The van der Waals surface area contributed by atoms with E-state index in [2.05, 4.69) is 5.18 Å². The van der Waals surface area contributed by atoms with Crippen LogP contribution in [0.4, 0.5) is 0 Å². The molecule has 1 fully saturated rings. The lowest BCUT2D eigenvalue weighted by Gasteiger charge is -2.17. The summed E-state index contributed by atoms with van der Waals surface area (Å²) in [6, 6.07) is -0.225. The average Bonchev–Trinajstić information content (AvgIpc) is 2.50. The average molecular weight is 156 g/mol. The summed E-state index contributed by atoms with van der Waals surface area (Å²) in [5.41, 5.74) is 0. The highest BCUT2D eigenvalue weighted by molar-refractivity contribution is 5.82. The summed E-state index contributed by atoms with van der Waals surface area (Å²) < 4.78 is 0. The first-order valence-corrected chi connectivity index (χ1v) is 3.90. The van der Waals surface area contributed by atoms with E-state index in [0.29, 0.717) is 0 Å². The van der Waals surface area contributed by atoms with Crippen LogP contribution in [0.3, 0.4) is 0 Å². The third kappa shape index (κ3) is 1.63. The van der Waals surface area contributed by atoms with E-state index >= 15 is 0 Å². The summed E-state index contributed by atoms with van der Waals surface area (Å²) in [5, 5.41) is 2.44. The van der Waals surface area contributed by atoms with E-state index in [0.717, 1.165) is 25.9 Å². The second kappa shape index (κ2) is 3.57. The molecule has 0 radical (unpaired) electrons. The minimum Gasteiger partial charge on any atom is -0.292 e. The number of carbonyl (C=O) groups excluding carboxylic acids is 1. The van der Waals surface area contributed by atoms with Gasteiger partial charge in [0, 0.05) is 5.18 Å².